The number of para-hydroxylation sites is 1. The van der Waals surface area contributed by atoms with Gasteiger partial charge in [-0.1, -0.05) is 30.3 Å². The first kappa shape index (κ1) is 15.9. The van der Waals surface area contributed by atoms with Gasteiger partial charge in [0.15, 0.2) is 0 Å². The third-order valence-electron chi connectivity index (χ3n) is 3.70. The van der Waals surface area contributed by atoms with Gasteiger partial charge >= 0.3 is 5.97 Å². The van der Waals surface area contributed by atoms with E-state index in [2.05, 4.69) is 10.2 Å². The molecule has 1 aliphatic carbocycles. The molecule has 1 aromatic heterocycles. The number of aromatic hydroxyl groups is 1. The average molecular weight is 334 g/mol. The van der Waals surface area contributed by atoms with Crippen LogP contribution >= 0.6 is 11.8 Å². The Balaban J connectivity index is 1.53. The molecule has 0 bridgehead atoms. The number of rotatable bonds is 5. The lowest BCUT2D eigenvalue weighted by molar-refractivity contribution is -0.147. The second-order valence-corrected chi connectivity index (χ2v) is 6.36. The summed E-state index contributed by atoms with van der Waals surface area (Å²) in [5.41, 5.74) is 0.469. The van der Waals surface area contributed by atoms with Crippen LogP contribution in [0, 0.1) is 0 Å². The summed E-state index contributed by atoms with van der Waals surface area (Å²) in [7, 11) is 0. The van der Waals surface area contributed by atoms with E-state index in [0.29, 0.717) is 5.56 Å². The molecule has 0 radical (unpaired) electrons. The van der Waals surface area contributed by atoms with Gasteiger partial charge in [-0.15, -0.1) is 10.2 Å². The van der Waals surface area contributed by atoms with Crippen molar-refractivity contribution < 1.29 is 19.1 Å². The van der Waals surface area contributed by atoms with Gasteiger partial charge in [0.25, 0.3) is 11.1 Å². The van der Waals surface area contributed by atoms with Crippen molar-refractivity contribution in [3.8, 4) is 17.2 Å². The maximum Gasteiger partial charge on any atom is 0.316 e. The van der Waals surface area contributed by atoms with Crippen LogP contribution in [0.2, 0.25) is 0 Å². The van der Waals surface area contributed by atoms with Crippen LogP contribution in [0.15, 0.2) is 33.9 Å². The first-order valence-corrected chi connectivity index (χ1v) is 8.65. The first-order chi connectivity index (χ1) is 11.2. The Morgan fingerprint density at radius 3 is 2.83 bits per heavy atom. The van der Waals surface area contributed by atoms with Gasteiger partial charge in [0.1, 0.15) is 17.6 Å². The van der Waals surface area contributed by atoms with Gasteiger partial charge in [0, 0.05) is 0 Å². The maximum absolute atomic E-state index is 11.8. The molecule has 1 fully saturated rings. The monoisotopic (exact) mass is 334 g/mol. The van der Waals surface area contributed by atoms with E-state index < -0.39 is 0 Å². The molecule has 0 saturated heterocycles. The van der Waals surface area contributed by atoms with Gasteiger partial charge in [0.2, 0.25) is 0 Å². The van der Waals surface area contributed by atoms with E-state index in [0.717, 1.165) is 37.4 Å². The first-order valence-electron chi connectivity index (χ1n) is 7.66. The lowest BCUT2D eigenvalue weighted by Gasteiger charge is -2.21. The second-order valence-electron chi connectivity index (χ2n) is 5.43. The molecular formula is C16H18N2O4S. The van der Waals surface area contributed by atoms with Crippen molar-refractivity contribution in [2.45, 2.75) is 43.4 Å². The van der Waals surface area contributed by atoms with E-state index in [1.54, 1.807) is 24.3 Å². The number of phenols is 1. The number of hydrogen-bond acceptors (Lipinski definition) is 7. The van der Waals surface area contributed by atoms with Gasteiger partial charge < -0.3 is 14.3 Å². The largest absolute Gasteiger partial charge is 0.507 e. The van der Waals surface area contributed by atoms with Crippen LogP contribution in [0.3, 0.4) is 0 Å². The zero-order valence-electron chi connectivity index (χ0n) is 12.6. The summed E-state index contributed by atoms with van der Waals surface area (Å²) in [5, 5.41) is 17.8. The van der Waals surface area contributed by atoms with E-state index in [9.17, 15) is 9.90 Å². The standard InChI is InChI=1S/C16H18N2O4S/c19-13-9-5-4-8-12(13)15-17-18-16(22-15)23-10-14(20)21-11-6-2-1-3-7-11/h4-5,8-9,11,19H,1-3,6-7,10H2. The van der Waals surface area contributed by atoms with E-state index in [1.807, 2.05) is 0 Å². The minimum Gasteiger partial charge on any atom is -0.507 e. The van der Waals surface area contributed by atoms with Gasteiger partial charge in [-0.25, -0.2) is 0 Å². The third-order valence-corrected chi connectivity index (χ3v) is 4.50. The Hall–Kier alpha value is -2.02. The molecule has 6 nitrogen and oxygen atoms in total. The minimum atomic E-state index is -0.260. The highest BCUT2D eigenvalue weighted by molar-refractivity contribution is 7.99. The van der Waals surface area contributed by atoms with Gasteiger partial charge in [0.05, 0.1) is 5.56 Å². The lowest BCUT2D eigenvalue weighted by atomic mass is 9.98. The van der Waals surface area contributed by atoms with Crippen LogP contribution in [0.1, 0.15) is 32.1 Å². The quantitative estimate of drug-likeness (QED) is 0.662. The van der Waals surface area contributed by atoms with Crippen molar-refractivity contribution in [2.75, 3.05) is 5.75 Å². The van der Waals surface area contributed by atoms with E-state index in [1.165, 1.54) is 6.42 Å². The summed E-state index contributed by atoms with van der Waals surface area (Å²) in [5.74, 6) is 0.179. The minimum absolute atomic E-state index is 0.0522. The smallest absolute Gasteiger partial charge is 0.316 e. The van der Waals surface area contributed by atoms with Crippen molar-refractivity contribution in [1.82, 2.24) is 10.2 Å². The lowest BCUT2D eigenvalue weighted by Crippen LogP contribution is -2.21. The normalized spacial score (nSPS) is 15.5. The highest BCUT2D eigenvalue weighted by Gasteiger charge is 2.19. The number of esters is 1. The predicted molar refractivity (Wildman–Crippen MR) is 85.1 cm³/mol. The SMILES string of the molecule is O=C(CSc1nnc(-c2ccccc2O)o1)OC1CCCCC1. The number of carbonyl (C=O) groups excluding carboxylic acids is 1. The molecule has 0 aliphatic heterocycles. The van der Waals surface area contributed by atoms with Crippen molar-refractivity contribution in [3.63, 3.8) is 0 Å². The highest BCUT2D eigenvalue weighted by atomic mass is 32.2. The Morgan fingerprint density at radius 2 is 2.04 bits per heavy atom. The Bertz CT molecular complexity index is 668. The van der Waals surface area contributed by atoms with Crippen molar-refractivity contribution in [3.05, 3.63) is 24.3 Å². The summed E-state index contributed by atoms with van der Waals surface area (Å²) in [6.45, 7) is 0. The summed E-state index contributed by atoms with van der Waals surface area (Å²) < 4.78 is 10.9. The summed E-state index contributed by atoms with van der Waals surface area (Å²) >= 11 is 1.14. The number of nitrogens with zero attached hydrogens (tertiary/aromatic N) is 2. The molecule has 3 rings (SSSR count). The molecule has 122 valence electrons. The maximum atomic E-state index is 11.8. The molecule has 0 spiro atoms. The molecule has 1 heterocycles. The molecule has 0 amide bonds. The van der Waals surface area contributed by atoms with Crippen LogP contribution in [0.4, 0.5) is 0 Å². The fourth-order valence-electron chi connectivity index (χ4n) is 2.55. The fourth-order valence-corrected chi connectivity index (χ4v) is 3.10. The molecule has 23 heavy (non-hydrogen) atoms. The Kier molecular flexibility index (Phi) is 5.17. The summed E-state index contributed by atoms with van der Waals surface area (Å²) in [6, 6.07) is 6.72. The zero-order chi connectivity index (χ0) is 16.1. The number of carbonyl (C=O) groups is 1. The van der Waals surface area contributed by atoms with E-state index in [-0.39, 0.29) is 34.7 Å². The molecule has 1 saturated carbocycles. The number of benzene rings is 1. The Morgan fingerprint density at radius 1 is 1.26 bits per heavy atom. The number of ether oxygens (including phenoxy) is 1. The number of hydrogen-bond donors (Lipinski definition) is 1. The van der Waals surface area contributed by atoms with Crippen LogP contribution in [-0.4, -0.2) is 33.1 Å². The van der Waals surface area contributed by atoms with Gasteiger partial charge in [-0.2, -0.15) is 0 Å². The molecule has 0 atom stereocenters. The van der Waals surface area contributed by atoms with Gasteiger partial charge in [-0.3, -0.25) is 4.79 Å². The summed E-state index contributed by atoms with van der Waals surface area (Å²) in [4.78, 5) is 11.8. The molecular weight excluding hydrogens is 316 g/mol. The van der Waals surface area contributed by atoms with Gasteiger partial charge in [-0.05, 0) is 37.8 Å². The molecule has 1 N–H and O–H groups in total. The number of aromatic nitrogens is 2. The van der Waals surface area contributed by atoms with Crippen LogP contribution < -0.4 is 0 Å². The summed E-state index contributed by atoms with van der Waals surface area (Å²) in [6.07, 6.45) is 5.43. The molecule has 1 aromatic carbocycles. The molecule has 0 unspecified atom stereocenters. The topological polar surface area (TPSA) is 85.5 Å². The predicted octanol–water partition coefficient (Wildman–Crippen LogP) is 3.41. The van der Waals surface area contributed by atoms with Crippen molar-refractivity contribution in [1.29, 1.82) is 0 Å². The van der Waals surface area contributed by atoms with Crippen LogP contribution in [0.5, 0.6) is 5.75 Å². The average Bonchev–Trinajstić information content (AvgIpc) is 3.03. The zero-order valence-corrected chi connectivity index (χ0v) is 13.4. The van der Waals surface area contributed by atoms with E-state index in [4.69, 9.17) is 9.15 Å². The molecule has 1 aliphatic rings. The second kappa shape index (κ2) is 7.50. The Labute approximate surface area is 138 Å². The fraction of sp³-hybridized carbons (Fsp3) is 0.438. The van der Waals surface area contributed by atoms with Crippen molar-refractivity contribution >= 4 is 17.7 Å². The number of phenolic OH excluding ortho intramolecular Hbond substituents is 1. The number of thioether (sulfide) groups is 1. The molecule has 7 heteroatoms. The van der Waals surface area contributed by atoms with Crippen molar-refractivity contribution in [2.24, 2.45) is 0 Å². The molecule has 2 aromatic rings. The van der Waals surface area contributed by atoms with Crippen LogP contribution in [-0.2, 0) is 9.53 Å². The highest BCUT2D eigenvalue weighted by Crippen LogP contribution is 2.29. The third kappa shape index (κ3) is 4.25. The van der Waals surface area contributed by atoms with E-state index >= 15 is 0 Å². The van der Waals surface area contributed by atoms with Crippen LogP contribution in [0.25, 0.3) is 11.5 Å².